The summed E-state index contributed by atoms with van der Waals surface area (Å²) in [7, 11) is 1.68. The van der Waals surface area contributed by atoms with E-state index >= 15 is 0 Å². The van der Waals surface area contributed by atoms with E-state index in [1.54, 1.807) is 24.8 Å². The van der Waals surface area contributed by atoms with Gasteiger partial charge in [-0.3, -0.25) is 10.1 Å². The largest absolute Gasteiger partial charge is 0.385 e. The maximum absolute atomic E-state index is 11.9. The van der Waals surface area contributed by atoms with Crippen LogP contribution >= 0.6 is 11.3 Å². The fourth-order valence-corrected chi connectivity index (χ4v) is 2.07. The zero-order valence-corrected chi connectivity index (χ0v) is 12.7. The van der Waals surface area contributed by atoms with Crippen molar-refractivity contribution >= 4 is 28.2 Å². The zero-order chi connectivity index (χ0) is 15.1. The Morgan fingerprint density at radius 1 is 1.48 bits per heavy atom. The van der Waals surface area contributed by atoms with Crippen LogP contribution in [-0.4, -0.2) is 40.8 Å². The number of nitrogens with zero attached hydrogens (tertiary/aromatic N) is 3. The first-order valence-electron chi connectivity index (χ1n) is 6.48. The molecule has 0 aromatic carbocycles. The van der Waals surface area contributed by atoms with E-state index < -0.39 is 0 Å². The number of nitrogens with one attached hydrogen (secondary N) is 2. The van der Waals surface area contributed by atoms with Crippen molar-refractivity contribution in [2.24, 2.45) is 0 Å². The highest BCUT2D eigenvalue weighted by Crippen LogP contribution is 2.12. The number of rotatable bonds is 7. The van der Waals surface area contributed by atoms with Crippen molar-refractivity contribution in [1.82, 2.24) is 15.2 Å². The van der Waals surface area contributed by atoms with Crippen molar-refractivity contribution in [2.75, 3.05) is 24.4 Å². The first kappa shape index (κ1) is 15.3. The number of ether oxygens (including phenoxy) is 1. The number of anilines is 2. The van der Waals surface area contributed by atoms with Gasteiger partial charge in [-0.05, 0) is 25.5 Å². The second-order valence-electron chi connectivity index (χ2n) is 4.46. The minimum Gasteiger partial charge on any atom is -0.385 e. The third-order valence-corrected chi connectivity index (χ3v) is 3.36. The van der Waals surface area contributed by atoms with Crippen LogP contribution < -0.4 is 10.6 Å². The Morgan fingerprint density at radius 3 is 2.95 bits per heavy atom. The van der Waals surface area contributed by atoms with Gasteiger partial charge in [0.25, 0.3) is 5.91 Å². The maximum atomic E-state index is 11.9. The number of carbonyl (C=O) groups is 1. The molecule has 1 amide bonds. The molecule has 0 spiro atoms. The minimum absolute atomic E-state index is 0.249. The van der Waals surface area contributed by atoms with Gasteiger partial charge in [0.1, 0.15) is 11.3 Å². The highest BCUT2D eigenvalue weighted by Gasteiger charge is 2.09. The number of amides is 1. The van der Waals surface area contributed by atoms with Crippen molar-refractivity contribution in [3.8, 4) is 0 Å². The van der Waals surface area contributed by atoms with Crippen LogP contribution in [0.1, 0.15) is 23.7 Å². The van der Waals surface area contributed by atoms with Crippen LogP contribution in [0.5, 0.6) is 0 Å². The third-order valence-electron chi connectivity index (χ3n) is 2.76. The molecule has 0 saturated carbocycles. The van der Waals surface area contributed by atoms with E-state index in [2.05, 4.69) is 32.7 Å². The zero-order valence-electron chi connectivity index (χ0n) is 11.9. The molecule has 0 aliphatic rings. The molecular formula is C13H17N5O2S. The predicted octanol–water partition coefficient (Wildman–Crippen LogP) is 2.02. The van der Waals surface area contributed by atoms with Gasteiger partial charge in [-0.2, -0.15) is 0 Å². The maximum Gasteiger partial charge on any atom is 0.259 e. The Kier molecular flexibility index (Phi) is 5.59. The van der Waals surface area contributed by atoms with E-state index in [0.29, 0.717) is 17.3 Å². The van der Waals surface area contributed by atoms with E-state index in [-0.39, 0.29) is 11.9 Å². The average Bonchev–Trinajstić information content (AvgIpc) is 2.98. The van der Waals surface area contributed by atoms with Crippen molar-refractivity contribution in [3.63, 3.8) is 0 Å². The van der Waals surface area contributed by atoms with Gasteiger partial charge >= 0.3 is 0 Å². The Bertz CT molecular complexity index is 558. The molecule has 1 atom stereocenters. The SMILES string of the molecule is COCCC(C)Nc1ccc(C(=O)Nc2nncs2)cn1. The molecule has 0 saturated heterocycles. The number of aromatic nitrogens is 3. The van der Waals surface area contributed by atoms with Gasteiger partial charge in [-0.15, -0.1) is 10.2 Å². The summed E-state index contributed by atoms with van der Waals surface area (Å²) in [6.45, 7) is 2.74. The molecule has 0 fully saturated rings. The van der Waals surface area contributed by atoms with Gasteiger partial charge in [-0.25, -0.2) is 4.98 Å². The van der Waals surface area contributed by atoms with Crippen LogP contribution in [-0.2, 0) is 4.74 Å². The number of hydrogen-bond donors (Lipinski definition) is 2. The van der Waals surface area contributed by atoms with Crippen LogP contribution in [0, 0.1) is 0 Å². The number of methoxy groups -OCH3 is 1. The summed E-state index contributed by atoms with van der Waals surface area (Å²) in [5, 5.41) is 13.8. The van der Waals surface area contributed by atoms with Crippen molar-refractivity contribution in [3.05, 3.63) is 29.4 Å². The quantitative estimate of drug-likeness (QED) is 0.813. The molecular weight excluding hydrogens is 290 g/mol. The van der Waals surface area contributed by atoms with Crippen LogP contribution in [0.4, 0.5) is 10.9 Å². The molecule has 2 N–H and O–H groups in total. The van der Waals surface area contributed by atoms with Gasteiger partial charge in [0, 0.05) is 26.0 Å². The van der Waals surface area contributed by atoms with Crippen LogP contribution in [0.3, 0.4) is 0 Å². The van der Waals surface area contributed by atoms with Gasteiger partial charge in [0.05, 0.1) is 5.56 Å². The molecule has 21 heavy (non-hydrogen) atoms. The van der Waals surface area contributed by atoms with E-state index in [1.165, 1.54) is 17.5 Å². The smallest absolute Gasteiger partial charge is 0.259 e. The molecule has 2 aromatic rings. The van der Waals surface area contributed by atoms with Crippen LogP contribution in [0.15, 0.2) is 23.8 Å². The van der Waals surface area contributed by atoms with Gasteiger partial charge in [0.15, 0.2) is 0 Å². The Balaban J connectivity index is 1.90. The standard InChI is InChI=1S/C13H17N5O2S/c1-9(5-6-20-2)16-11-4-3-10(7-14-11)12(19)17-13-18-15-8-21-13/h3-4,7-9H,5-6H2,1-2H3,(H,14,16)(H,17,18,19). The van der Waals surface area contributed by atoms with E-state index in [0.717, 1.165) is 12.2 Å². The van der Waals surface area contributed by atoms with Gasteiger partial charge in [0.2, 0.25) is 5.13 Å². The van der Waals surface area contributed by atoms with Crippen molar-refractivity contribution < 1.29 is 9.53 Å². The topological polar surface area (TPSA) is 89.0 Å². The highest BCUT2D eigenvalue weighted by molar-refractivity contribution is 7.13. The van der Waals surface area contributed by atoms with Gasteiger partial charge < -0.3 is 10.1 Å². The fraction of sp³-hybridized carbons (Fsp3) is 0.385. The van der Waals surface area contributed by atoms with Crippen LogP contribution in [0.25, 0.3) is 0 Å². The molecule has 2 heterocycles. The summed E-state index contributed by atoms with van der Waals surface area (Å²) in [5.41, 5.74) is 2.03. The molecule has 2 aromatic heterocycles. The monoisotopic (exact) mass is 307 g/mol. The average molecular weight is 307 g/mol. The highest BCUT2D eigenvalue weighted by atomic mass is 32.1. The third kappa shape index (κ3) is 4.76. The molecule has 0 aliphatic heterocycles. The number of pyridine rings is 1. The Morgan fingerprint density at radius 2 is 2.33 bits per heavy atom. The lowest BCUT2D eigenvalue weighted by molar-refractivity contribution is 0.102. The summed E-state index contributed by atoms with van der Waals surface area (Å²) in [4.78, 5) is 16.2. The summed E-state index contributed by atoms with van der Waals surface area (Å²) < 4.78 is 5.03. The first-order chi connectivity index (χ1) is 10.2. The van der Waals surface area contributed by atoms with E-state index in [4.69, 9.17) is 4.74 Å². The Labute approximate surface area is 126 Å². The molecule has 112 valence electrons. The minimum atomic E-state index is -0.252. The fourth-order valence-electron chi connectivity index (χ4n) is 1.63. The first-order valence-corrected chi connectivity index (χ1v) is 7.36. The predicted molar refractivity (Wildman–Crippen MR) is 81.7 cm³/mol. The molecule has 7 nitrogen and oxygen atoms in total. The summed E-state index contributed by atoms with van der Waals surface area (Å²) >= 11 is 1.27. The summed E-state index contributed by atoms with van der Waals surface area (Å²) in [6.07, 6.45) is 2.42. The lowest BCUT2D eigenvalue weighted by Crippen LogP contribution is -2.18. The summed E-state index contributed by atoms with van der Waals surface area (Å²) in [6, 6.07) is 3.74. The molecule has 2 rings (SSSR count). The molecule has 8 heteroatoms. The van der Waals surface area contributed by atoms with Gasteiger partial charge in [-0.1, -0.05) is 11.3 Å². The molecule has 0 bridgehead atoms. The van der Waals surface area contributed by atoms with Crippen LogP contribution in [0.2, 0.25) is 0 Å². The van der Waals surface area contributed by atoms with E-state index in [1.807, 2.05) is 0 Å². The second kappa shape index (κ2) is 7.65. The Hall–Kier alpha value is -2.06. The molecule has 0 aliphatic carbocycles. The van der Waals surface area contributed by atoms with Crippen molar-refractivity contribution in [1.29, 1.82) is 0 Å². The summed E-state index contributed by atoms with van der Waals surface area (Å²) in [5.74, 6) is 0.476. The van der Waals surface area contributed by atoms with E-state index in [9.17, 15) is 4.79 Å². The molecule has 0 radical (unpaired) electrons. The number of hydrogen-bond acceptors (Lipinski definition) is 7. The lowest BCUT2D eigenvalue weighted by Gasteiger charge is -2.13. The normalized spacial score (nSPS) is 11.9. The lowest BCUT2D eigenvalue weighted by atomic mass is 10.2. The number of carbonyl (C=O) groups excluding carboxylic acids is 1. The second-order valence-corrected chi connectivity index (χ2v) is 5.29. The van der Waals surface area contributed by atoms with Crippen molar-refractivity contribution in [2.45, 2.75) is 19.4 Å². The molecule has 1 unspecified atom stereocenters.